The van der Waals surface area contributed by atoms with Gasteiger partial charge in [-0.25, -0.2) is 12.8 Å². The Morgan fingerprint density at radius 1 is 1.13 bits per heavy atom. The van der Waals surface area contributed by atoms with E-state index in [1.807, 2.05) is 11.6 Å². The first kappa shape index (κ1) is 21.2. The van der Waals surface area contributed by atoms with Crippen molar-refractivity contribution in [2.24, 2.45) is 0 Å². The molecule has 0 aliphatic heterocycles. The molecule has 0 atom stereocenters. The molecule has 9 heteroatoms. The molecule has 160 valence electrons. The highest BCUT2D eigenvalue weighted by molar-refractivity contribution is 7.91. The summed E-state index contributed by atoms with van der Waals surface area (Å²) in [5.74, 6) is -0.546. The average Bonchev–Trinajstić information content (AvgIpc) is 3.31. The molecule has 2 aromatic heterocycles. The van der Waals surface area contributed by atoms with Gasteiger partial charge in [0.2, 0.25) is 0 Å². The Kier molecular flexibility index (Phi) is 5.63. The molecule has 4 rings (SSSR count). The first-order chi connectivity index (χ1) is 14.8. The van der Waals surface area contributed by atoms with Crippen LogP contribution in [-0.2, 0) is 16.4 Å². The molecule has 0 radical (unpaired) electrons. The summed E-state index contributed by atoms with van der Waals surface area (Å²) in [6.45, 7) is 3.94. The van der Waals surface area contributed by atoms with Crippen molar-refractivity contribution in [1.82, 2.24) is 9.78 Å². The largest absolute Gasteiger partial charge is 0.321 e. The lowest BCUT2D eigenvalue weighted by molar-refractivity contribution is 0.103. The number of amides is 1. The van der Waals surface area contributed by atoms with Crippen LogP contribution in [0.1, 0.15) is 27.9 Å². The number of anilines is 1. The maximum Gasteiger partial charge on any atom is 0.265 e. The zero-order chi connectivity index (χ0) is 22.2. The van der Waals surface area contributed by atoms with E-state index in [2.05, 4.69) is 10.4 Å². The predicted molar refractivity (Wildman–Crippen MR) is 120 cm³/mol. The second kappa shape index (κ2) is 8.24. The highest BCUT2D eigenvalue weighted by Crippen LogP contribution is 2.29. The van der Waals surface area contributed by atoms with Crippen molar-refractivity contribution in [3.05, 3.63) is 76.5 Å². The predicted octanol–water partition coefficient (Wildman–Crippen LogP) is 4.64. The van der Waals surface area contributed by atoms with Gasteiger partial charge in [0.1, 0.15) is 10.6 Å². The molecule has 0 fully saturated rings. The zero-order valence-electron chi connectivity index (χ0n) is 16.9. The Morgan fingerprint density at radius 3 is 2.45 bits per heavy atom. The topological polar surface area (TPSA) is 81.1 Å². The third-order valence-corrected chi connectivity index (χ3v) is 7.83. The van der Waals surface area contributed by atoms with Crippen molar-refractivity contribution < 1.29 is 17.6 Å². The van der Waals surface area contributed by atoms with Crippen molar-refractivity contribution in [2.75, 3.05) is 11.1 Å². The fourth-order valence-electron chi connectivity index (χ4n) is 3.20. The molecular weight excluding hydrogens is 437 g/mol. The Balaban J connectivity index is 1.55. The van der Waals surface area contributed by atoms with Gasteiger partial charge < -0.3 is 5.32 Å². The van der Waals surface area contributed by atoms with E-state index in [0.717, 1.165) is 21.5 Å². The standard InChI is InChI=1S/C22H20FN3O3S2/c1-3-31(28,29)18-10-8-17(9-11-18)24-21(27)20-12-19-14(2)25-26(22(19)30-20)13-15-4-6-16(23)7-5-15/h4-12H,3,13H2,1-2H3,(H,24,27). The summed E-state index contributed by atoms with van der Waals surface area (Å²) in [6.07, 6.45) is 0. The molecule has 2 heterocycles. The van der Waals surface area contributed by atoms with Crippen molar-refractivity contribution in [1.29, 1.82) is 0 Å². The summed E-state index contributed by atoms with van der Waals surface area (Å²) in [5, 5.41) is 8.23. The van der Waals surface area contributed by atoms with Crippen molar-refractivity contribution >= 4 is 43.0 Å². The summed E-state index contributed by atoms with van der Waals surface area (Å²) in [5.41, 5.74) is 2.23. The summed E-state index contributed by atoms with van der Waals surface area (Å²) < 4.78 is 38.8. The number of carbonyl (C=O) groups excluding carboxylic acids is 1. The molecule has 0 aliphatic rings. The van der Waals surface area contributed by atoms with Crippen LogP contribution in [0.25, 0.3) is 10.2 Å². The SMILES string of the molecule is CCS(=O)(=O)c1ccc(NC(=O)c2cc3c(C)nn(Cc4ccc(F)cc4)c3s2)cc1. The van der Waals surface area contributed by atoms with Gasteiger partial charge in [-0.05, 0) is 55.0 Å². The Morgan fingerprint density at radius 2 is 1.81 bits per heavy atom. The maximum absolute atomic E-state index is 13.2. The fraction of sp³-hybridized carbons (Fsp3) is 0.182. The summed E-state index contributed by atoms with van der Waals surface area (Å²) in [6, 6.07) is 14.2. The van der Waals surface area contributed by atoms with E-state index in [4.69, 9.17) is 0 Å². The minimum Gasteiger partial charge on any atom is -0.321 e. The number of rotatable bonds is 6. The van der Waals surface area contributed by atoms with E-state index in [-0.39, 0.29) is 22.4 Å². The highest BCUT2D eigenvalue weighted by Gasteiger charge is 2.17. The first-order valence-electron chi connectivity index (χ1n) is 9.62. The van der Waals surface area contributed by atoms with Crippen LogP contribution in [0.4, 0.5) is 10.1 Å². The van der Waals surface area contributed by atoms with Gasteiger partial charge in [0.15, 0.2) is 9.84 Å². The number of aromatic nitrogens is 2. The van der Waals surface area contributed by atoms with E-state index < -0.39 is 9.84 Å². The molecular formula is C22H20FN3O3S2. The number of sulfone groups is 1. The van der Waals surface area contributed by atoms with Crippen molar-refractivity contribution in [3.63, 3.8) is 0 Å². The van der Waals surface area contributed by atoms with Crippen LogP contribution in [0.15, 0.2) is 59.5 Å². The molecule has 1 N–H and O–H groups in total. The molecule has 1 amide bonds. The lowest BCUT2D eigenvalue weighted by Crippen LogP contribution is -2.10. The summed E-state index contributed by atoms with van der Waals surface area (Å²) in [4.78, 5) is 14.4. The Hall–Kier alpha value is -3.04. The number of hydrogen-bond acceptors (Lipinski definition) is 5. The number of carbonyl (C=O) groups is 1. The maximum atomic E-state index is 13.2. The molecule has 6 nitrogen and oxygen atoms in total. The number of nitrogens with zero attached hydrogens (tertiary/aromatic N) is 2. The molecule has 0 saturated carbocycles. The van der Waals surface area contributed by atoms with Gasteiger partial charge >= 0.3 is 0 Å². The van der Waals surface area contributed by atoms with Crippen LogP contribution in [0.5, 0.6) is 0 Å². The van der Waals surface area contributed by atoms with Gasteiger partial charge in [0, 0.05) is 11.1 Å². The number of benzene rings is 2. The normalized spacial score (nSPS) is 11.7. The number of thiophene rings is 1. The third-order valence-electron chi connectivity index (χ3n) is 4.93. The summed E-state index contributed by atoms with van der Waals surface area (Å²) >= 11 is 1.32. The van der Waals surface area contributed by atoms with E-state index in [1.165, 1.54) is 35.6 Å². The monoisotopic (exact) mass is 457 g/mol. The van der Waals surface area contributed by atoms with Crippen LogP contribution < -0.4 is 5.32 Å². The van der Waals surface area contributed by atoms with E-state index in [0.29, 0.717) is 17.1 Å². The molecule has 4 aromatic rings. The summed E-state index contributed by atoms with van der Waals surface area (Å²) in [7, 11) is -3.28. The first-order valence-corrected chi connectivity index (χ1v) is 12.1. The Bertz CT molecular complexity index is 1360. The van der Waals surface area contributed by atoms with Gasteiger partial charge in [-0.3, -0.25) is 9.48 Å². The molecule has 0 unspecified atom stereocenters. The molecule has 0 saturated heterocycles. The highest BCUT2D eigenvalue weighted by atomic mass is 32.2. The third kappa shape index (κ3) is 4.38. The molecule has 0 spiro atoms. The van der Waals surface area contributed by atoms with Gasteiger partial charge in [0.25, 0.3) is 5.91 Å². The number of fused-ring (bicyclic) bond motifs is 1. The lowest BCUT2D eigenvalue weighted by Gasteiger charge is -2.06. The van der Waals surface area contributed by atoms with Gasteiger partial charge in [0.05, 0.1) is 27.8 Å². The fourth-order valence-corrected chi connectivity index (χ4v) is 5.14. The quantitative estimate of drug-likeness (QED) is 0.457. The molecule has 2 aromatic carbocycles. The van der Waals surface area contributed by atoms with Crippen LogP contribution in [0, 0.1) is 12.7 Å². The molecule has 0 bridgehead atoms. The van der Waals surface area contributed by atoms with E-state index in [1.54, 1.807) is 37.3 Å². The van der Waals surface area contributed by atoms with Crippen LogP contribution in [0.3, 0.4) is 0 Å². The lowest BCUT2D eigenvalue weighted by atomic mass is 10.2. The second-order valence-electron chi connectivity index (χ2n) is 7.08. The minimum absolute atomic E-state index is 0.0226. The number of nitrogens with one attached hydrogen (secondary N) is 1. The van der Waals surface area contributed by atoms with Gasteiger partial charge in [-0.15, -0.1) is 11.3 Å². The second-order valence-corrected chi connectivity index (χ2v) is 10.4. The van der Waals surface area contributed by atoms with E-state index in [9.17, 15) is 17.6 Å². The average molecular weight is 458 g/mol. The van der Waals surface area contributed by atoms with E-state index >= 15 is 0 Å². The van der Waals surface area contributed by atoms with Crippen molar-refractivity contribution in [2.45, 2.75) is 25.3 Å². The van der Waals surface area contributed by atoms with Crippen molar-refractivity contribution in [3.8, 4) is 0 Å². The number of hydrogen-bond donors (Lipinski definition) is 1. The number of halogens is 1. The Labute approximate surface area is 183 Å². The van der Waals surface area contributed by atoms with Crippen LogP contribution in [0.2, 0.25) is 0 Å². The van der Waals surface area contributed by atoms with Crippen LogP contribution in [-0.4, -0.2) is 29.9 Å². The smallest absolute Gasteiger partial charge is 0.265 e. The minimum atomic E-state index is -3.28. The number of aryl methyl sites for hydroxylation is 1. The molecule has 0 aliphatic carbocycles. The van der Waals surface area contributed by atoms with Gasteiger partial charge in [-0.2, -0.15) is 5.10 Å². The molecule has 31 heavy (non-hydrogen) atoms. The van der Waals surface area contributed by atoms with Gasteiger partial charge in [-0.1, -0.05) is 19.1 Å². The zero-order valence-corrected chi connectivity index (χ0v) is 18.6. The van der Waals surface area contributed by atoms with Crippen LogP contribution >= 0.6 is 11.3 Å².